The van der Waals surface area contributed by atoms with E-state index in [4.69, 9.17) is 4.74 Å². The number of hydrogen-bond donors (Lipinski definition) is 0. The number of ether oxygens (including phenoxy) is 1. The second kappa shape index (κ2) is 10.6. The van der Waals surface area contributed by atoms with E-state index in [1.807, 2.05) is 29.0 Å². The number of likely N-dealkylation sites (N-methyl/N-ethyl adjacent to an activating group) is 1. The van der Waals surface area contributed by atoms with Crippen molar-refractivity contribution in [3.63, 3.8) is 0 Å². The van der Waals surface area contributed by atoms with Crippen LogP contribution in [0, 0.1) is 5.92 Å². The zero-order valence-corrected chi connectivity index (χ0v) is 20.3. The molecule has 0 aliphatic carbocycles. The maximum atomic E-state index is 12.9. The highest BCUT2D eigenvalue weighted by Gasteiger charge is 2.33. The average molecular weight is 479 g/mol. The Hall–Kier alpha value is -2.23. The van der Waals surface area contributed by atoms with Crippen molar-refractivity contribution >= 4 is 33.2 Å². The molecule has 0 unspecified atom stereocenters. The summed E-state index contributed by atoms with van der Waals surface area (Å²) in [5.74, 6) is -0.786. The van der Waals surface area contributed by atoms with Crippen molar-refractivity contribution in [2.24, 2.45) is 5.92 Å². The Morgan fingerprint density at radius 2 is 1.81 bits per heavy atom. The van der Waals surface area contributed by atoms with Gasteiger partial charge in [-0.3, -0.25) is 9.59 Å². The van der Waals surface area contributed by atoms with Gasteiger partial charge in [0.05, 0.1) is 10.8 Å². The lowest BCUT2D eigenvalue weighted by Gasteiger charge is -2.30. The predicted octanol–water partition coefficient (Wildman–Crippen LogP) is 3.47. The summed E-state index contributed by atoms with van der Waals surface area (Å²) in [5.41, 5.74) is 2.12. The number of amides is 1. The zero-order valence-electron chi connectivity index (χ0n) is 18.7. The number of sulfonamides is 1. The third kappa shape index (κ3) is 5.96. The lowest BCUT2D eigenvalue weighted by molar-refractivity contribution is -0.156. The number of carbonyl (C=O) groups excluding carboxylic acids is 2. The molecule has 32 heavy (non-hydrogen) atoms. The summed E-state index contributed by atoms with van der Waals surface area (Å²) < 4.78 is 32.5. The Morgan fingerprint density at radius 3 is 2.38 bits per heavy atom. The van der Waals surface area contributed by atoms with E-state index in [0.717, 1.165) is 11.1 Å². The number of hydrogen-bond acceptors (Lipinski definition) is 6. The Kier molecular flexibility index (Phi) is 8.08. The first-order valence-corrected chi connectivity index (χ1v) is 13.1. The maximum Gasteiger partial charge on any atom is 0.309 e. The fraction of sp³-hybridized carbons (Fsp3) is 0.478. The minimum Gasteiger partial charge on any atom is -0.455 e. The van der Waals surface area contributed by atoms with Crippen molar-refractivity contribution in [3.8, 4) is 0 Å². The molecule has 1 aliphatic heterocycles. The van der Waals surface area contributed by atoms with Gasteiger partial charge in [0, 0.05) is 26.7 Å². The van der Waals surface area contributed by atoms with E-state index in [1.54, 1.807) is 30.5 Å². The first kappa shape index (κ1) is 24.4. The molecule has 0 N–H and O–H groups in total. The molecule has 1 aliphatic rings. The van der Waals surface area contributed by atoms with Crippen molar-refractivity contribution in [1.29, 1.82) is 0 Å². The predicted molar refractivity (Wildman–Crippen MR) is 124 cm³/mol. The molecule has 1 saturated heterocycles. The molecule has 0 atom stereocenters. The van der Waals surface area contributed by atoms with Gasteiger partial charge < -0.3 is 9.64 Å². The largest absolute Gasteiger partial charge is 0.455 e. The van der Waals surface area contributed by atoms with E-state index in [0.29, 0.717) is 25.3 Å². The van der Waals surface area contributed by atoms with Crippen LogP contribution in [0.15, 0.2) is 46.0 Å². The third-order valence-electron chi connectivity index (χ3n) is 5.74. The standard InChI is InChI=1S/C23H30N2O5S2/c1-17(2)19-4-6-21(7-5-19)32(28,29)25-11-8-20(9-12-25)23(27)30-15-22(26)24(3)14-18-10-13-31-16-18/h4-7,10,13,16-17,20H,8-9,11-12,14-15H2,1-3H3. The second-order valence-corrected chi connectivity index (χ2v) is 11.1. The van der Waals surface area contributed by atoms with E-state index in [2.05, 4.69) is 13.8 Å². The number of piperidine rings is 1. The monoisotopic (exact) mass is 478 g/mol. The van der Waals surface area contributed by atoms with Gasteiger partial charge in [-0.1, -0.05) is 26.0 Å². The van der Waals surface area contributed by atoms with Gasteiger partial charge in [-0.2, -0.15) is 15.6 Å². The van der Waals surface area contributed by atoms with Crippen LogP contribution in [0.5, 0.6) is 0 Å². The van der Waals surface area contributed by atoms with Gasteiger partial charge in [0.25, 0.3) is 5.91 Å². The quantitative estimate of drug-likeness (QED) is 0.543. The van der Waals surface area contributed by atoms with E-state index in [9.17, 15) is 18.0 Å². The fourth-order valence-corrected chi connectivity index (χ4v) is 5.74. The summed E-state index contributed by atoms with van der Waals surface area (Å²) >= 11 is 1.56. The highest BCUT2D eigenvalue weighted by atomic mass is 32.2. The summed E-state index contributed by atoms with van der Waals surface area (Å²) in [4.78, 5) is 26.4. The normalized spacial score (nSPS) is 15.6. The molecule has 0 saturated carbocycles. The van der Waals surface area contributed by atoms with Crippen LogP contribution < -0.4 is 0 Å². The van der Waals surface area contributed by atoms with E-state index >= 15 is 0 Å². The maximum absolute atomic E-state index is 12.9. The molecule has 2 heterocycles. The van der Waals surface area contributed by atoms with Gasteiger partial charge in [0.15, 0.2) is 6.61 Å². The Bertz CT molecular complexity index is 1010. The molecule has 0 spiro atoms. The van der Waals surface area contributed by atoms with Crippen LogP contribution in [0.3, 0.4) is 0 Å². The van der Waals surface area contributed by atoms with E-state index in [1.165, 1.54) is 9.21 Å². The van der Waals surface area contributed by atoms with Gasteiger partial charge in [-0.05, 0) is 58.8 Å². The smallest absolute Gasteiger partial charge is 0.309 e. The number of nitrogens with zero attached hydrogens (tertiary/aromatic N) is 2. The Balaban J connectivity index is 1.48. The van der Waals surface area contributed by atoms with Crippen LogP contribution in [-0.4, -0.2) is 56.2 Å². The first-order valence-electron chi connectivity index (χ1n) is 10.7. The van der Waals surface area contributed by atoms with Gasteiger partial charge in [0.2, 0.25) is 10.0 Å². The van der Waals surface area contributed by atoms with Crippen LogP contribution >= 0.6 is 11.3 Å². The Labute approximate surface area is 194 Å². The molecule has 7 nitrogen and oxygen atoms in total. The molecule has 1 aromatic heterocycles. The number of benzene rings is 1. The summed E-state index contributed by atoms with van der Waals surface area (Å²) in [5, 5.41) is 3.91. The lowest BCUT2D eigenvalue weighted by Crippen LogP contribution is -2.41. The van der Waals surface area contributed by atoms with E-state index < -0.39 is 21.9 Å². The Morgan fingerprint density at radius 1 is 1.16 bits per heavy atom. The second-order valence-electron chi connectivity index (χ2n) is 8.39. The van der Waals surface area contributed by atoms with Crippen LogP contribution in [0.2, 0.25) is 0 Å². The number of thiophene rings is 1. The molecule has 9 heteroatoms. The van der Waals surface area contributed by atoms with Crippen LogP contribution in [0.1, 0.15) is 43.7 Å². The van der Waals surface area contributed by atoms with Crippen molar-refractivity contribution in [2.75, 3.05) is 26.7 Å². The summed E-state index contributed by atoms with van der Waals surface area (Å²) in [6, 6.07) is 8.91. The average Bonchev–Trinajstić information content (AvgIpc) is 3.30. The van der Waals surface area contributed by atoms with Crippen LogP contribution in [0.25, 0.3) is 0 Å². The highest BCUT2D eigenvalue weighted by molar-refractivity contribution is 7.89. The molecule has 2 aromatic rings. The van der Waals surface area contributed by atoms with Gasteiger partial charge in [-0.25, -0.2) is 8.42 Å². The minimum atomic E-state index is -3.59. The number of esters is 1. The molecular weight excluding hydrogens is 448 g/mol. The van der Waals surface area contributed by atoms with Gasteiger partial charge in [0.1, 0.15) is 0 Å². The first-order chi connectivity index (χ1) is 15.2. The summed E-state index contributed by atoms with van der Waals surface area (Å²) in [6.07, 6.45) is 0.752. The molecule has 0 bridgehead atoms. The molecule has 1 fully saturated rings. The number of rotatable bonds is 8. The van der Waals surface area contributed by atoms with Gasteiger partial charge in [-0.15, -0.1) is 0 Å². The molecule has 174 valence electrons. The summed E-state index contributed by atoms with van der Waals surface area (Å²) in [6.45, 7) is 4.78. The molecule has 0 radical (unpaired) electrons. The van der Waals surface area contributed by atoms with E-state index in [-0.39, 0.29) is 30.5 Å². The highest BCUT2D eigenvalue weighted by Crippen LogP contribution is 2.26. The van der Waals surface area contributed by atoms with Crippen LogP contribution in [0.4, 0.5) is 0 Å². The molecule has 1 amide bonds. The zero-order chi connectivity index (χ0) is 23.3. The summed E-state index contributed by atoms with van der Waals surface area (Å²) in [7, 11) is -1.92. The third-order valence-corrected chi connectivity index (χ3v) is 8.38. The SMILES string of the molecule is CC(C)c1ccc(S(=O)(=O)N2CCC(C(=O)OCC(=O)N(C)Cc3ccsc3)CC2)cc1. The van der Waals surface area contributed by atoms with Gasteiger partial charge >= 0.3 is 5.97 Å². The molecule has 1 aromatic carbocycles. The lowest BCUT2D eigenvalue weighted by atomic mass is 9.98. The fourth-order valence-electron chi connectivity index (χ4n) is 3.61. The van der Waals surface area contributed by atoms with Crippen molar-refractivity contribution in [1.82, 2.24) is 9.21 Å². The van der Waals surface area contributed by atoms with Crippen molar-refractivity contribution in [3.05, 3.63) is 52.2 Å². The molecule has 3 rings (SSSR count). The topological polar surface area (TPSA) is 84.0 Å². The minimum absolute atomic E-state index is 0.250. The number of carbonyl (C=O) groups is 2. The molecular formula is C23H30N2O5S2. The van der Waals surface area contributed by atoms with Crippen molar-refractivity contribution < 1.29 is 22.7 Å². The van der Waals surface area contributed by atoms with Crippen molar-refractivity contribution in [2.45, 2.75) is 44.0 Å². The van der Waals surface area contributed by atoms with Crippen LogP contribution in [-0.2, 0) is 30.9 Å².